The monoisotopic (exact) mass is 442 g/mol. The fourth-order valence-electron chi connectivity index (χ4n) is 4.23. The summed E-state index contributed by atoms with van der Waals surface area (Å²) in [5.74, 6) is -0.633. The summed E-state index contributed by atoms with van der Waals surface area (Å²) in [6.45, 7) is 2.04. The fourth-order valence-corrected chi connectivity index (χ4v) is 4.36. The van der Waals surface area contributed by atoms with Crippen molar-refractivity contribution in [2.75, 3.05) is 18.1 Å². The molecule has 1 aliphatic heterocycles. The van der Waals surface area contributed by atoms with E-state index in [0.29, 0.717) is 22.5 Å². The van der Waals surface area contributed by atoms with Crippen LogP contribution in [-0.4, -0.2) is 51.8 Å². The highest BCUT2D eigenvalue weighted by Gasteiger charge is 2.36. The van der Waals surface area contributed by atoms with Crippen molar-refractivity contribution in [3.63, 3.8) is 0 Å². The Morgan fingerprint density at radius 3 is 2.45 bits per heavy atom. The lowest BCUT2D eigenvalue weighted by Crippen LogP contribution is -2.40. The number of amides is 2. The second-order valence-electron chi connectivity index (χ2n) is 7.60. The second kappa shape index (κ2) is 9.01. The summed E-state index contributed by atoms with van der Waals surface area (Å²) in [5.41, 5.74) is 1.31. The van der Waals surface area contributed by atoms with E-state index in [1.165, 1.54) is 11.1 Å². The second-order valence-corrected chi connectivity index (χ2v) is 7.94. The van der Waals surface area contributed by atoms with Crippen molar-refractivity contribution in [2.24, 2.45) is 0 Å². The van der Waals surface area contributed by atoms with Gasteiger partial charge >= 0.3 is 5.97 Å². The zero-order chi connectivity index (χ0) is 22.0. The van der Waals surface area contributed by atoms with E-state index in [2.05, 4.69) is 9.97 Å². The van der Waals surface area contributed by atoms with E-state index in [1.54, 1.807) is 31.2 Å². The lowest BCUT2D eigenvalue weighted by molar-refractivity contribution is -0.141. The van der Waals surface area contributed by atoms with Gasteiger partial charge in [-0.1, -0.05) is 25.0 Å². The summed E-state index contributed by atoms with van der Waals surface area (Å²) < 4.78 is 5.16. The third-order valence-electron chi connectivity index (χ3n) is 5.66. The van der Waals surface area contributed by atoms with Gasteiger partial charge in [-0.15, -0.1) is 0 Å². The number of imide groups is 1. The molecule has 1 aromatic carbocycles. The number of hydrogen-bond donors (Lipinski definition) is 0. The molecule has 1 aromatic heterocycles. The number of aromatic nitrogens is 2. The van der Waals surface area contributed by atoms with Crippen LogP contribution in [0.3, 0.4) is 0 Å². The number of carbonyl (C=O) groups excluding carboxylic acids is 3. The van der Waals surface area contributed by atoms with Gasteiger partial charge in [0.2, 0.25) is 5.28 Å². The first-order chi connectivity index (χ1) is 15.0. The first kappa shape index (κ1) is 21.2. The molecule has 31 heavy (non-hydrogen) atoms. The average Bonchev–Trinajstić information content (AvgIpc) is 3.37. The van der Waals surface area contributed by atoms with Crippen molar-refractivity contribution in [2.45, 2.75) is 45.2 Å². The molecule has 162 valence electrons. The molecule has 2 aromatic rings. The van der Waals surface area contributed by atoms with Crippen LogP contribution < -0.4 is 4.90 Å². The summed E-state index contributed by atoms with van der Waals surface area (Å²) >= 11 is 6.10. The number of benzene rings is 1. The van der Waals surface area contributed by atoms with Crippen LogP contribution in [0.1, 0.15) is 58.9 Å². The van der Waals surface area contributed by atoms with Crippen LogP contribution >= 0.6 is 11.6 Å². The Bertz CT molecular complexity index is 987. The summed E-state index contributed by atoms with van der Waals surface area (Å²) in [6.07, 6.45) is 5.44. The van der Waals surface area contributed by atoms with Gasteiger partial charge in [-0.25, -0.2) is 9.97 Å². The average molecular weight is 443 g/mol. The van der Waals surface area contributed by atoms with E-state index in [1.807, 2.05) is 4.90 Å². The van der Waals surface area contributed by atoms with E-state index < -0.39 is 0 Å². The van der Waals surface area contributed by atoms with Crippen molar-refractivity contribution in [1.29, 1.82) is 0 Å². The Morgan fingerprint density at radius 1 is 1.19 bits per heavy atom. The van der Waals surface area contributed by atoms with Crippen LogP contribution in [0.25, 0.3) is 0 Å². The lowest BCUT2D eigenvalue weighted by Gasteiger charge is -2.31. The third-order valence-corrected chi connectivity index (χ3v) is 5.84. The molecule has 2 amide bonds. The van der Waals surface area contributed by atoms with Gasteiger partial charge in [0, 0.05) is 17.8 Å². The van der Waals surface area contributed by atoms with Gasteiger partial charge in [0.05, 0.1) is 24.3 Å². The Labute approximate surface area is 185 Å². The molecule has 2 aliphatic rings. The molecule has 1 aliphatic carbocycles. The minimum atomic E-state index is -0.365. The quantitative estimate of drug-likeness (QED) is 0.369. The number of rotatable bonds is 7. The topological polar surface area (TPSA) is 92.7 Å². The van der Waals surface area contributed by atoms with Gasteiger partial charge in [0.15, 0.2) is 0 Å². The van der Waals surface area contributed by atoms with E-state index >= 15 is 0 Å². The molecule has 4 rings (SSSR count). The number of ether oxygens (including phenoxy) is 1. The van der Waals surface area contributed by atoms with Gasteiger partial charge < -0.3 is 9.64 Å². The number of carbonyl (C=O) groups is 3. The highest BCUT2D eigenvalue weighted by molar-refractivity contribution is 6.28. The van der Waals surface area contributed by atoms with Crippen LogP contribution in [0, 0.1) is 0 Å². The van der Waals surface area contributed by atoms with E-state index in [-0.39, 0.29) is 48.8 Å². The molecular formula is C22H23ClN4O4. The zero-order valence-electron chi connectivity index (χ0n) is 17.2. The standard InChI is InChI=1S/C22H23ClN4O4/c1-2-31-18(28)13-26(15-7-3-4-8-15)19-14(11-24-22(23)25-19)12-27-20(29)16-9-5-6-10-17(16)21(27)30/h5-6,9-11,15H,2-4,7-8,12-13H2,1H3. The summed E-state index contributed by atoms with van der Waals surface area (Å²) in [5, 5.41) is 0.0352. The van der Waals surface area contributed by atoms with Crippen LogP contribution in [-0.2, 0) is 16.1 Å². The largest absolute Gasteiger partial charge is 0.465 e. The molecule has 8 nitrogen and oxygen atoms in total. The number of hydrogen-bond acceptors (Lipinski definition) is 7. The van der Waals surface area contributed by atoms with Gasteiger partial charge in [-0.05, 0) is 43.5 Å². The maximum absolute atomic E-state index is 12.8. The molecule has 1 fully saturated rings. The molecule has 0 saturated heterocycles. The Balaban J connectivity index is 1.67. The molecule has 0 bridgehead atoms. The van der Waals surface area contributed by atoms with Gasteiger partial charge in [-0.2, -0.15) is 0 Å². The predicted molar refractivity (Wildman–Crippen MR) is 114 cm³/mol. The predicted octanol–water partition coefficient (Wildman–Crippen LogP) is 3.24. The molecule has 2 heterocycles. The van der Waals surface area contributed by atoms with E-state index in [0.717, 1.165) is 25.7 Å². The Morgan fingerprint density at radius 2 is 1.84 bits per heavy atom. The number of halogens is 1. The number of fused-ring (bicyclic) bond motifs is 1. The van der Waals surface area contributed by atoms with Crippen LogP contribution in [0.4, 0.5) is 5.82 Å². The van der Waals surface area contributed by atoms with Crippen molar-refractivity contribution >= 4 is 35.2 Å². The number of anilines is 1. The van der Waals surface area contributed by atoms with Crippen molar-refractivity contribution in [1.82, 2.24) is 14.9 Å². The summed E-state index contributed by atoms with van der Waals surface area (Å²) in [4.78, 5) is 49.5. The van der Waals surface area contributed by atoms with Gasteiger partial charge in [0.25, 0.3) is 11.8 Å². The van der Waals surface area contributed by atoms with Crippen molar-refractivity contribution in [3.8, 4) is 0 Å². The van der Waals surface area contributed by atoms with Crippen LogP contribution in [0.2, 0.25) is 5.28 Å². The maximum Gasteiger partial charge on any atom is 0.325 e. The normalized spacial score (nSPS) is 16.0. The molecule has 9 heteroatoms. The van der Waals surface area contributed by atoms with E-state index in [4.69, 9.17) is 16.3 Å². The molecule has 1 saturated carbocycles. The van der Waals surface area contributed by atoms with Gasteiger partial charge in [-0.3, -0.25) is 19.3 Å². The minimum Gasteiger partial charge on any atom is -0.465 e. The van der Waals surface area contributed by atoms with E-state index in [9.17, 15) is 14.4 Å². The minimum absolute atomic E-state index is 0.00903. The molecular weight excluding hydrogens is 420 g/mol. The van der Waals surface area contributed by atoms with Crippen molar-refractivity contribution in [3.05, 3.63) is 52.4 Å². The Kier molecular flexibility index (Phi) is 6.18. The number of nitrogens with zero attached hydrogens (tertiary/aromatic N) is 4. The fraction of sp³-hybridized carbons (Fsp3) is 0.409. The molecule has 0 unspecified atom stereocenters. The van der Waals surface area contributed by atoms with Gasteiger partial charge in [0.1, 0.15) is 12.4 Å². The van der Waals surface area contributed by atoms with Crippen LogP contribution in [0.15, 0.2) is 30.5 Å². The zero-order valence-corrected chi connectivity index (χ0v) is 18.0. The number of esters is 1. The molecule has 0 radical (unpaired) electrons. The SMILES string of the molecule is CCOC(=O)CN(c1nc(Cl)ncc1CN1C(=O)c2ccccc2C1=O)C1CCCC1. The smallest absolute Gasteiger partial charge is 0.325 e. The maximum atomic E-state index is 12.8. The molecule has 0 atom stereocenters. The molecule has 0 N–H and O–H groups in total. The lowest BCUT2D eigenvalue weighted by atomic mass is 10.1. The summed E-state index contributed by atoms with van der Waals surface area (Å²) in [7, 11) is 0. The first-order valence-electron chi connectivity index (χ1n) is 10.4. The van der Waals surface area contributed by atoms with Crippen LogP contribution in [0.5, 0.6) is 0 Å². The highest BCUT2D eigenvalue weighted by atomic mass is 35.5. The summed E-state index contributed by atoms with van der Waals surface area (Å²) in [6, 6.07) is 6.83. The highest BCUT2D eigenvalue weighted by Crippen LogP contribution is 2.32. The molecule has 0 spiro atoms. The first-order valence-corrected chi connectivity index (χ1v) is 10.8. The van der Waals surface area contributed by atoms with Crippen molar-refractivity contribution < 1.29 is 19.1 Å². The third kappa shape index (κ3) is 4.25. The Hall–Kier alpha value is -3.00.